The first-order chi connectivity index (χ1) is 13.2. The van der Waals surface area contributed by atoms with Gasteiger partial charge < -0.3 is 19.1 Å². The Morgan fingerprint density at radius 1 is 1.14 bits per heavy atom. The van der Waals surface area contributed by atoms with Crippen LogP contribution in [0.25, 0.3) is 0 Å². The van der Waals surface area contributed by atoms with Crippen LogP contribution in [0.3, 0.4) is 0 Å². The van der Waals surface area contributed by atoms with E-state index in [1.54, 1.807) is 4.90 Å². The van der Waals surface area contributed by atoms with Gasteiger partial charge in [0, 0.05) is 18.2 Å². The third-order valence-corrected chi connectivity index (χ3v) is 5.00. The van der Waals surface area contributed by atoms with Crippen LogP contribution in [-0.4, -0.2) is 54.1 Å². The summed E-state index contributed by atoms with van der Waals surface area (Å²) in [7, 11) is 2.69. The van der Waals surface area contributed by atoms with Gasteiger partial charge in [0.25, 0.3) is 11.6 Å². The zero-order valence-corrected chi connectivity index (χ0v) is 16.8. The Morgan fingerprint density at radius 2 is 1.68 bits per heavy atom. The number of amides is 1. The lowest BCUT2D eigenvalue weighted by Gasteiger charge is -2.40. The molecule has 3 atom stereocenters. The summed E-state index contributed by atoms with van der Waals surface area (Å²) in [4.78, 5) is 37.8. The standard InChI is InChI=1S/C19H26N2O7/c1-11-7-6-8-12(2)20(11)18(22)13(3)28-19(23)14-9-16(26-4)17(27-5)10-15(14)21(24)25/h9-13H,6-8H2,1-5H3/t11-,12-,13+/m0/s1. The minimum absolute atomic E-state index is 0.0489. The van der Waals surface area contributed by atoms with E-state index in [1.807, 2.05) is 13.8 Å². The van der Waals surface area contributed by atoms with Gasteiger partial charge in [0.15, 0.2) is 17.6 Å². The normalized spacial score (nSPS) is 20.2. The molecule has 0 aromatic heterocycles. The second kappa shape index (κ2) is 8.90. The fourth-order valence-corrected chi connectivity index (χ4v) is 3.52. The number of nitro benzene ring substituents is 1. The van der Waals surface area contributed by atoms with Gasteiger partial charge >= 0.3 is 5.97 Å². The van der Waals surface area contributed by atoms with Crippen molar-refractivity contribution in [3.05, 3.63) is 27.8 Å². The highest BCUT2D eigenvalue weighted by molar-refractivity contribution is 5.96. The van der Waals surface area contributed by atoms with Crippen molar-refractivity contribution < 1.29 is 28.7 Å². The fourth-order valence-electron chi connectivity index (χ4n) is 3.52. The predicted octanol–water partition coefficient (Wildman–Crippen LogP) is 2.95. The highest BCUT2D eigenvalue weighted by Gasteiger charge is 2.34. The van der Waals surface area contributed by atoms with E-state index < -0.39 is 22.7 Å². The molecule has 2 rings (SSSR count). The number of nitrogens with zero attached hydrogens (tertiary/aromatic N) is 2. The van der Waals surface area contributed by atoms with Gasteiger partial charge in [-0.25, -0.2) is 4.79 Å². The summed E-state index contributed by atoms with van der Waals surface area (Å²) in [6.45, 7) is 5.39. The molecule has 154 valence electrons. The lowest BCUT2D eigenvalue weighted by atomic mass is 9.97. The second-order valence-electron chi connectivity index (χ2n) is 6.90. The Labute approximate surface area is 163 Å². The number of rotatable bonds is 6. The number of carbonyl (C=O) groups excluding carboxylic acids is 2. The molecule has 1 saturated heterocycles. The van der Waals surface area contributed by atoms with E-state index in [2.05, 4.69) is 0 Å². The molecule has 1 fully saturated rings. The Balaban J connectivity index is 2.26. The van der Waals surface area contributed by atoms with Crippen LogP contribution in [0.15, 0.2) is 12.1 Å². The fraction of sp³-hybridized carbons (Fsp3) is 0.579. The van der Waals surface area contributed by atoms with Crippen LogP contribution in [0.1, 0.15) is 50.4 Å². The number of hydrogen-bond acceptors (Lipinski definition) is 7. The lowest BCUT2D eigenvalue weighted by Crippen LogP contribution is -2.51. The molecule has 0 aliphatic carbocycles. The predicted molar refractivity (Wildman–Crippen MR) is 101 cm³/mol. The molecule has 0 unspecified atom stereocenters. The van der Waals surface area contributed by atoms with E-state index in [4.69, 9.17) is 14.2 Å². The third kappa shape index (κ3) is 4.35. The Bertz CT molecular complexity index is 755. The summed E-state index contributed by atoms with van der Waals surface area (Å²) in [5.74, 6) is -1.01. The number of esters is 1. The average Bonchev–Trinajstić information content (AvgIpc) is 2.66. The molecule has 1 aliphatic rings. The van der Waals surface area contributed by atoms with E-state index in [0.717, 1.165) is 25.3 Å². The zero-order chi connectivity index (χ0) is 21.0. The molecule has 28 heavy (non-hydrogen) atoms. The lowest BCUT2D eigenvalue weighted by molar-refractivity contribution is -0.385. The largest absolute Gasteiger partial charge is 0.493 e. The molecule has 1 heterocycles. The van der Waals surface area contributed by atoms with Crippen molar-refractivity contribution in [3.8, 4) is 11.5 Å². The van der Waals surface area contributed by atoms with E-state index >= 15 is 0 Å². The monoisotopic (exact) mass is 394 g/mol. The number of likely N-dealkylation sites (tertiary alicyclic amines) is 1. The molecular formula is C19H26N2O7. The first kappa shape index (κ1) is 21.5. The van der Waals surface area contributed by atoms with Crippen LogP contribution >= 0.6 is 0 Å². The second-order valence-corrected chi connectivity index (χ2v) is 6.90. The maximum Gasteiger partial charge on any atom is 0.346 e. The van der Waals surface area contributed by atoms with Crippen LogP contribution in [0.5, 0.6) is 11.5 Å². The highest BCUT2D eigenvalue weighted by atomic mass is 16.6. The number of carbonyl (C=O) groups is 2. The molecule has 9 heteroatoms. The molecule has 0 spiro atoms. The van der Waals surface area contributed by atoms with Crippen molar-refractivity contribution >= 4 is 17.6 Å². The summed E-state index contributed by atoms with van der Waals surface area (Å²) in [5.41, 5.74) is -0.788. The number of benzene rings is 1. The van der Waals surface area contributed by atoms with Crippen molar-refractivity contribution in [2.45, 2.75) is 58.2 Å². The summed E-state index contributed by atoms with van der Waals surface area (Å²) in [5, 5.41) is 11.4. The Hall–Kier alpha value is -2.84. The zero-order valence-electron chi connectivity index (χ0n) is 16.8. The molecule has 1 aromatic rings. The molecule has 1 aliphatic heterocycles. The van der Waals surface area contributed by atoms with Crippen molar-refractivity contribution in [3.63, 3.8) is 0 Å². The summed E-state index contributed by atoms with van der Waals surface area (Å²) in [6.07, 6.45) is 1.75. The Morgan fingerprint density at radius 3 is 2.18 bits per heavy atom. The maximum absolute atomic E-state index is 12.8. The molecular weight excluding hydrogens is 368 g/mol. The topological polar surface area (TPSA) is 108 Å². The van der Waals surface area contributed by atoms with E-state index in [0.29, 0.717) is 0 Å². The smallest absolute Gasteiger partial charge is 0.346 e. The SMILES string of the molecule is COc1cc(C(=O)O[C@H](C)C(=O)N2[C@@H](C)CCC[C@@H]2C)c([N+](=O)[O-])cc1OC. The molecule has 9 nitrogen and oxygen atoms in total. The number of piperidine rings is 1. The molecule has 0 radical (unpaired) electrons. The number of methoxy groups -OCH3 is 2. The van der Waals surface area contributed by atoms with Crippen LogP contribution in [0, 0.1) is 10.1 Å². The van der Waals surface area contributed by atoms with Crippen LogP contribution in [0.2, 0.25) is 0 Å². The van der Waals surface area contributed by atoms with Gasteiger partial charge in [-0.05, 0) is 40.0 Å². The van der Waals surface area contributed by atoms with Crippen LogP contribution < -0.4 is 9.47 Å². The summed E-state index contributed by atoms with van der Waals surface area (Å²) in [6, 6.07) is 2.37. The Kier molecular flexibility index (Phi) is 6.82. The minimum atomic E-state index is -1.07. The van der Waals surface area contributed by atoms with E-state index in [-0.39, 0.29) is 35.1 Å². The van der Waals surface area contributed by atoms with Gasteiger partial charge in [-0.1, -0.05) is 0 Å². The molecule has 0 saturated carbocycles. The first-order valence-corrected chi connectivity index (χ1v) is 9.14. The van der Waals surface area contributed by atoms with Crippen LogP contribution in [0.4, 0.5) is 5.69 Å². The van der Waals surface area contributed by atoms with Gasteiger partial charge in [0.1, 0.15) is 5.56 Å². The van der Waals surface area contributed by atoms with Crippen molar-refractivity contribution in [2.24, 2.45) is 0 Å². The number of ether oxygens (including phenoxy) is 3. The van der Waals surface area contributed by atoms with Gasteiger partial charge in [0.2, 0.25) is 0 Å². The summed E-state index contributed by atoms with van der Waals surface area (Å²) >= 11 is 0. The van der Waals surface area contributed by atoms with Gasteiger partial charge in [-0.3, -0.25) is 14.9 Å². The van der Waals surface area contributed by atoms with E-state index in [1.165, 1.54) is 27.2 Å². The maximum atomic E-state index is 12.8. The average molecular weight is 394 g/mol. The highest BCUT2D eigenvalue weighted by Crippen LogP contribution is 2.35. The van der Waals surface area contributed by atoms with Crippen LogP contribution in [-0.2, 0) is 9.53 Å². The molecule has 0 N–H and O–H groups in total. The van der Waals surface area contributed by atoms with Crippen molar-refractivity contribution in [1.82, 2.24) is 4.90 Å². The number of hydrogen-bond donors (Lipinski definition) is 0. The van der Waals surface area contributed by atoms with Gasteiger partial charge in [-0.15, -0.1) is 0 Å². The van der Waals surface area contributed by atoms with Gasteiger partial charge in [0.05, 0.1) is 25.2 Å². The quantitative estimate of drug-likeness (QED) is 0.414. The summed E-state index contributed by atoms with van der Waals surface area (Å²) < 4.78 is 15.4. The molecule has 1 amide bonds. The van der Waals surface area contributed by atoms with Crippen molar-refractivity contribution in [1.29, 1.82) is 0 Å². The van der Waals surface area contributed by atoms with E-state index in [9.17, 15) is 19.7 Å². The molecule has 0 bridgehead atoms. The molecule has 1 aromatic carbocycles. The first-order valence-electron chi connectivity index (χ1n) is 9.14. The third-order valence-electron chi connectivity index (χ3n) is 5.00. The van der Waals surface area contributed by atoms with Gasteiger partial charge in [-0.2, -0.15) is 0 Å². The van der Waals surface area contributed by atoms with Crippen molar-refractivity contribution in [2.75, 3.05) is 14.2 Å². The number of nitro groups is 1. The minimum Gasteiger partial charge on any atom is -0.493 e.